The first-order valence-corrected chi connectivity index (χ1v) is 8.74. The van der Waals surface area contributed by atoms with Crippen molar-refractivity contribution in [1.29, 1.82) is 0 Å². The average Bonchev–Trinajstić information content (AvgIpc) is 2.43. The molecule has 1 amide bonds. The van der Waals surface area contributed by atoms with E-state index in [1.807, 2.05) is 13.8 Å². The number of hydrogen-bond donors (Lipinski definition) is 3. The highest BCUT2D eigenvalue weighted by atomic mass is 32.2. The number of hydrogen-bond acceptors (Lipinski definition) is 4. The van der Waals surface area contributed by atoms with E-state index in [0.29, 0.717) is 6.54 Å². The van der Waals surface area contributed by atoms with E-state index in [2.05, 4.69) is 10.0 Å². The first-order chi connectivity index (χ1) is 9.71. The van der Waals surface area contributed by atoms with Gasteiger partial charge in [-0.2, -0.15) is 0 Å². The molecular weight excluding hydrogens is 290 g/mol. The topological polar surface area (TPSA) is 101 Å². The van der Waals surface area contributed by atoms with Crippen molar-refractivity contribution in [3.8, 4) is 0 Å². The van der Waals surface area contributed by atoms with Crippen LogP contribution >= 0.6 is 0 Å². The Kier molecular flexibility index (Phi) is 5.74. The van der Waals surface area contributed by atoms with Crippen LogP contribution in [-0.4, -0.2) is 32.7 Å². The Morgan fingerprint density at radius 1 is 1.24 bits per heavy atom. The lowest BCUT2D eigenvalue weighted by molar-refractivity contribution is 0.0943. The van der Waals surface area contributed by atoms with Crippen molar-refractivity contribution in [2.75, 3.05) is 17.5 Å². The van der Waals surface area contributed by atoms with E-state index in [4.69, 9.17) is 5.73 Å². The minimum absolute atomic E-state index is 0.258. The van der Waals surface area contributed by atoms with Crippen LogP contribution in [0.25, 0.3) is 0 Å². The molecule has 0 atom stereocenters. The summed E-state index contributed by atoms with van der Waals surface area (Å²) in [7, 11) is -3.44. The summed E-state index contributed by atoms with van der Waals surface area (Å²) >= 11 is 0. The zero-order valence-electron chi connectivity index (χ0n) is 12.6. The van der Waals surface area contributed by atoms with E-state index >= 15 is 0 Å². The predicted octanol–water partition coefficient (Wildman–Crippen LogP) is 1.31. The molecule has 0 saturated heterocycles. The molecule has 0 aliphatic carbocycles. The van der Waals surface area contributed by atoms with Gasteiger partial charge in [0.15, 0.2) is 0 Å². The van der Waals surface area contributed by atoms with Gasteiger partial charge < -0.3 is 11.1 Å². The molecule has 118 valence electrons. The van der Waals surface area contributed by atoms with Crippen molar-refractivity contribution in [3.63, 3.8) is 0 Å². The highest BCUT2D eigenvalue weighted by Crippen LogP contribution is 2.17. The van der Waals surface area contributed by atoms with Crippen molar-refractivity contribution in [3.05, 3.63) is 29.8 Å². The lowest BCUT2D eigenvalue weighted by Crippen LogP contribution is -2.49. The number of carbonyl (C=O) groups excluding carboxylic acids is 1. The maximum Gasteiger partial charge on any atom is 0.253 e. The van der Waals surface area contributed by atoms with Gasteiger partial charge in [0.2, 0.25) is 10.0 Å². The molecular formula is C14H23N3O3S. The highest BCUT2D eigenvalue weighted by molar-refractivity contribution is 7.92. The first kappa shape index (κ1) is 17.5. The first-order valence-electron chi connectivity index (χ1n) is 6.84. The minimum atomic E-state index is -3.44. The third-order valence-electron chi connectivity index (χ3n) is 3.48. The summed E-state index contributed by atoms with van der Waals surface area (Å²) in [5, 5.41) is 2.77. The molecule has 4 N–H and O–H groups in total. The monoisotopic (exact) mass is 313 g/mol. The smallest absolute Gasteiger partial charge is 0.253 e. The molecule has 0 fully saturated rings. The Morgan fingerprint density at radius 2 is 1.81 bits per heavy atom. The molecule has 1 rings (SSSR count). The van der Waals surface area contributed by atoms with E-state index in [-0.39, 0.29) is 17.2 Å². The van der Waals surface area contributed by atoms with Gasteiger partial charge in [-0.25, -0.2) is 8.42 Å². The summed E-state index contributed by atoms with van der Waals surface area (Å²) in [5.74, 6) is -0.349. The molecule has 0 heterocycles. The molecule has 6 nitrogen and oxygen atoms in total. The lowest BCUT2D eigenvalue weighted by Gasteiger charge is -2.27. The van der Waals surface area contributed by atoms with E-state index in [1.165, 1.54) is 0 Å². The van der Waals surface area contributed by atoms with Crippen LogP contribution in [0.3, 0.4) is 0 Å². The van der Waals surface area contributed by atoms with Crippen LogP contribution in [0.2, 0.25) is 0 Å². The molecule has 0 spiro atoms. The number of benzene rings is 1. The van der Waals surface area contributed by atoms with Crippen molar-refractivity contribution in [2.24, 2.45) is 5.73 Å². The Labute approximate surface area is 126 Å². The predicted molar refractivity (Wildman–Crippen MR) is 84.7 cm³/mol. The Morgan fingerprint density at radius 3 is 2.33 bits per heavy atom. The second kappa shape index (κ2) is 6.91. The number of nitrogens with one attached hydrogen (secondary N) is 2. The third-order valence-corrected chi connectivity index (χ3v) is 4.07. The molecule has 7 heteroatoms. The quantitative estimate of drug-likeness (QED) is 0.706. The fourth-order valence-corrected chi connectivity index (χ4v) is 2.40. The van der Waals surface area contributed by atoms with E-state index in [9.17, 15) is 13.2 Å². The van der Waals surface area contributed by atoms with Crippen LogP contribution in [0.15, 0.2) is 24.3 Å². The summed E-state index contributed by atoms with van der Waals surface area (Å²) in [6.07, 6.45) is 2.53. The standard InChI is InChI=1S/C14H23N3O3S/c1-4-14(15,5-2)10-16-13(18)11-8-6-7-9-12(11)17-21(3,19)20/h6-9,17H,4-5,10,15H2,1-3H3,(H,16,18). The van der Waals surface area contributed by atoms with Crippen LogP contribution < -0.4 is 15.8 Å². The van der Waals surface area contributed by atoms with Crippen molar-refractivity contribution in [2.45, 2.75) is 32.2 Å². The molecule has 0 aromatic heterocycles. The van der Waals surface area contributed by atoms with Crippen LogP contribution in [0, 0.1) is 0 Å². The molecule has 1 aromatic rings. The van der Waals surface area contributed by atoms with Gasteiger partial charge in [0, 0.05) is 12.1 Å². The highest BCUT2D eigenvalue weighted by Gasteiger charge is 2.22. The van der Waals surface area contributed by atoms with Crippen LogP contribution in [0.4, 0.5) is 5.69 Å². The Bertz CT molecular complexity index is 595. The van der Waals surface area contributed by atoms with Crippen molar-refractivity contribution >= 4 is 21.6 Å². The zero-order chi connectivity index (χ0) is 16.1. The Hall–Kier alpha value is -1.60. The molecule has 0 saturated carbocycles. The summed E-state index contributed by atoms with van der Waals surface area (Å²) in [6.45, 7) is 4.27. The summed E-state index contributed by atoms with van der Waals surface area (Å²) in [6, 6.07) is 6.46. The Balaban J connectivity index is 2.88. The van der Waals surface area contributed by atoms with Crippen molar-refractivity contribution in [1.82, 2.24) is 5.32 Å². The van der Waals surface area contributed by atoms with Gasteiger partial charge in [0.25, 0.3) is 5.91 Å². The number of nitrogens with two attached hydrogens (primary N) is 1. The number of sulfonamides is 1. The van der Waals surface area contributed by atoms with Crippen molar-refractivity contribution < 1.29 is 13.2 Å². The van der Waals surface area contributed by atoms with Crippen LogP contribution in [0.5, 0.6) is 0 Å². The number of rotatable bonds is 7. The second-order valence-electron chi connectivity index (χ2n) is 5.17. The normalized spacial score (nSPS) is 12.0. The second-order valence-corrected chi connectivity index (χ2v) is 6.92. The number of para-hydroxylation sites is 1. The van der Waals surface area contributed by atoms with Crippen LogP contribution in [-0.2, 0) is 10.0 Å². The summed E-state index contributed by atoms with van der Waals surface area (Å²) in [5.41, 5.74) is 6.22. The summed E-state index contributed by atoms with van der Waals surface area (Å²) in [4.78, 5) is 12.2. The van der Waals surface area contributed by atoms with Gasteiger partial charge in [0.05, 0.1) is 17.5 Å². The average molecular weight is 313 g/mol. The number of anilines is 1. The third kappa shape index (κ3) is 5.35. The van der Waals surface area contributed by atoms with E-state index < -0.39 is 15.6 Å². The molecule has 21 heavy (non-hydrogen) atoms. The fraction of sp³-hybridized carbons (Fsp3) is 0.500. The number of carbonyl (C=O) groups is 1. The maximum atomic E-state index is 12.2. The maximum absolute atomic E-state index is 12.2. The van der Waals surface area contributed by atoms with Crippen LogP contribution in [0.1, 0.15) is 37.0 Å². The van der Waals surface area contributed by atoms with Gasteiger partial charge >= 0.3 is 0 Å². The molecule has 1 aromatic carbocycles. The molecule has 0 bridgehead atoms. The molecule has 0 aliphatic rings. The fourth-order valence-electron chi connectivity index (χ4n) is 1.82. The summed E-state index contributed by atoms with van der Waals surface area (Å²) < 4.78 is 25.0. The van der Waals surface area contributed by atoms with Gasteiger partial charge in [-0.05, 0) is 25.0 Å². The van der Waals surface area contributed by atoms with Gasteiger partial charge in [0.1, 0.15) is 0 Å². The van der Waals surface area contributed by atoms with E-state index in [1.54, 1.807) is 24.3 Å². The zero-order valence-corrected chi connectivity index (χ0v) is 13.5. The van der Waals surface area contributed by atoms with Gasteiger partial charge in [-0.3, -0.25) is 9.52 Å². The van der Waals surface area contributed by atoms with Gasteiger partial charge in [-0.15, -0.1) is 0 Å². The number of amides is 1. The molecule has 0 unspecified atom stereocenters. The molecule has 0 radical (unpaired) electrons. The minimum Gasteiger partial charge on any atom is -0.350 e. The van der Waals surface area contributed by atoms with Gasteiger partial charge in [-0.1, -0.05) is 26.0 Å². The van der Waals surface area contributed by atoms with E-state index in [0.717, 1.165) is 19.1 Å². The SMILES string of the molecule is CCC(N)(CC)CNC(=O)c1ccccc1NS(C)(=O)=O. The largest absolute Gasteiger partial charge is 0.350 e. The molecule has 0 aliphatic heterocycles. The lowest BCUT2D eigenvalue weighted by atomic mass is 9.94.